The topological polar surface area (TPSA) is 90.0 Å². The molecular weight excluding hydrogens is 358 g/mol. The molecule has 7 nitrogen and oxygen atoms in total. The number of sulfonamides is 1. The summed E-state index contributed by atoms with van der Waals surface area (Å²) >= 11 is 0. The van der Waals surface area contributed by atoms with Gasteiger partial charge in [-0.2, -0.15) is 4.31 Å². The van der Waals surface area contributed by atoms with Crippen molar-refractivity contribution < 1.29 is 27.5 Å². The highest BCUT2D eigenvalue weighted by atomic mass is 32.2. The summed E-state index contributed by atoms with van der Waals surface area (Å²) in [6.07, 6.45) is 0.721. The van der Waals surface area contributed by atoms with Crippen molar-refractivity contribution in [2.24, 2.45) is 5.92 Å². The van der Waals surface area contributed by atoms with E-state index in [4.69, 9.17) is 9.47 Å². The average Bonchev–Trinajstić information content (AvgIpc) is 2.59. The first-order valence-corrected chi connectivity index (χ1v) is 9.97. The molecule has 1 aliphatic rings. The summed E-state index contributed by atoms with van der Waals surface area (Å²) < 4.78 is 36.6. The zero-order chi connectivity index (χ0) is 19.4. The summed E-state index contributed by atoms with van der Waals surface area (Å²) in [5.74, 6) is -1.51. The maximum atomic E-state index is 12.6. The van der Waals surface area contributed by atoms with Crippen molar-refractivity contribution in [1.29, 1.82) is 0 Å². The van der Waals surface area contributed by atoms with E-state index in [9.17, 15) is 18.0 Å². The lowest BCUT2D eigenvalue weighted by Crippen LogP contribution is -2.40. The Bertz CT molecular complexity index is 731. The van der Waals surface area contributed by atoms with Crippen molar-refractivity contribution in [3.05, 3.63) is 30.3 Å². The van der Waals surface area contributed by atoms with Crippen molar-refractivity contribution in [3.63, 3.8) is 0 Å². The highest BCUT2D eigenvalue weighted by molar-refractivity contribution is 7.89. The number of benzene rings is 1. The summed E-state index contributed by atoms with van der Waals surface area (Å²) in [5, 5.41) is 0. The van der Waals surface area contributed by atoms with E-state index in [1.807, 2.05) is 0 Å². The van der Waals surface area contributed by atoms with Crippen LogP contribution in [0.1, 0.15) is 33.6 Å². The van der Waals surface area contributed by atoms with Gasteiger partial charge < -0.3 is 9.47 Å². The second-order valence-corrected chi connectivity index (χ2v) is 9.12. The Labute approximate surface area is 154 Å². The molecule has 0 spiro atoms. The van der Waals surface area contributed by atoms with Gasteiger partial charge in [-0.1, -0.05) is 18.2 Å². The van der Waals surface area contributed by atoms with Gasteiger partial charge in [-0.05, 0) is 45.7 Å². The molecule has 1 aliphatic heterocycles. The summed E-state index contributed by atoms with van der Waals surface area (Å²) in [5.41, 5.74) is -0.638. The maximum absolute atomic E-state index is 12.6. The van der Waals surface area contributed by atoms with E-state index in [1.165, 1.54) is 4.31 Å². The van der Waals surface area contributed by atoms with Gasteiger partial charge in [0, 0.05) is 13.1 Å². The molecule has 0 aliphatic carbocycles. The smallest absolute Gasteiger partial charge is 0.344 e. The van der Waals surface area contributed by atoms with Crippen LogP contribution in [-0.4, -0.2) is 50.0 Å². The lowest BCUT2D eigenvalue weighted by atomic mass is 9.98. The van der Waals surface area contributed by atoms with Crippen LogP contribution in [0.15, 0.2) is 35.2 Å². The van der Waals surface area contributed by atoms with Crippen molar-refractivity contribution in [1.82, 2.24) is 4.31 Å². The number of carbonyl (C=O) groups is 2. The van der Waals surface area contributed by atoms with E-state index in [0.29, 0.717) is 12.8 Å². The van der Waals surface area contributed by atoms with Crippen LogP contribution < -0.4 is 0 Å². The molecular formula is C18H25NO6S. The predicted octanol–water partition coefficient (Wildman–Crippen LogP) is 1.97. The van der Waals surface area contributed by atoms with Crippen LogP contribution in [-0.2, 0) is 29.1 Å². The molecule has 8 heteroatoms. The van der Waals surface area contributed by atoms with Crippen LogP contribution in [0.25, 0.3) is 0 Å². The predicted molar refractivity (Wildman–Crippen MR) is 94.7 cm³/mol. The van der Waals surface area contributed by atoms with Gasteiger partial charge in [0.25, 0.3) is 0 Å². The second kappa shape index (κ2) is 8.18. The summed E-state index contributed by atoms with van der Waals surface area (Å²) in [7, 11) is -3.55. The third-order valence-electron chi connectivity index (χ3n) is 3.92. The molecule has 26 heavy (non-hydrogen) atoms. The fraction of sp³-hybridized carbons (Fsp3) is 0.556. The number of hydrogen-bond donors (Lipinski definition) is 0. The van der Waals surface area contributed by atoms with Crippen molar-refractivity contribution >= 4 is 22.0 Å². The lowest BCUT2D eigenvalue weighted by molar-refractivity contribution is -0.168. The van der Waals surface area contributed by atoms with Gasteiger partial charge in [0.15, 0.2) is 6.61 Å². The van der Waals surface area contributed by atoms with Crippen LogP contribution in [0.5, 0.6) is 0 Å². The normalized spacial score (nSPS) is 16.9. The van der Waals surface area contributed by atoms with Crippen LogP contribution in [0.2, 0.25) is 0 Å². The van der Waals surface area contributed by atoms with Crippen LogP contribution in [0.4, 0.5) is 0 Å². The largest absolute Gasteiger partial charge is 0.457 e. The molecule has 2 rings (SSSR count). The van der Waals surface area contributed by atoms with Crippen LogP contribution in [0, 0.1) is 5.92 Å². The highest BCUT2D eigenvalue weighted by Gasteiger charge is 2.33. The van der Waals surface area contributed by atoms with E-state index in [2.05, 4.69) is 0 Å². The molecule has 0 atom stereocenters. The molecule has 0 radical (unpaired) electrons. The van der Waals surface area contributed by atoms with Gasteiger partial charge >= 0.3 is 11.9 Å². The third kappa shape index (κ3) is 5.54. The molecule has 1 saturated heterocycles. The minimum absolute atomic E-state index is 0.240. The number of carbonyl (C=O) groups excluding carboxylic acids is 2. The molecule has 1 aromatic carbocycles. The molecule has 1 heterocycles. The molecule has 1 fully saturated rings. The zero-order valence-corrected chi connectivity index (χ0v) is 16.1. The zero-order valence-electron chi connectivity index (χ0n) is 15.3. The van der Waals surface area contributed by atoms with Gasteiger partial charge in [-0.3, -0.25) is 4.79 Å². The fourth-order valence-corrected chi connectivity index (χ4v) is 4.18. The summed E-state index contributed by atoms with van der Waals surface area (Å²) in [4.78, 5) is 23.9. The minimum Gasteiger partial charge on any atom is -0.457 e. The Hall–Kier alpha value is -1.93. The van der Waals surface area contributed by atoms with E-state index < -0.39 is 40.1 Å². The molecule has 1 aromatic rings. The molecule has 0 saturated carbocycles. The monoisotopic (exact) mass is 383 g/mol. The van der Waals surface area contributed by atoms with Crippen molar-refractivity contribution in [3.8, 4) is 0 Å². The van der Waals surface area contributed by atoms with Gasteiger partial charge in [-0.25, -0.2) is 13.2 Å². The maximum Gasteiger partial charge on any atom is 0.344 e. The third-order valence-corrected chi connectivity index (χ3v) is 5.83. The first kappa shape index (κ1) is 20.4. The van der Waals surface area contributed by atoms with Crippen molar-refractivity contribution in [2.45, 2.75) is 44.1 Å². The number of nitrogens with zero attached hydrogens (tertiary/aromatic N) is 1. The molecule has 0 aromatic heterocycles. The first-order valence-electron chi connectivity index (χ1n) is 8.53. The Morgan fingerprint density at radius 3 is 2.23 bits per heavy atom. The number of rotatable bonds is 5. The Kier molecular flexibility index (Phi) is 6.41. The Morgan fingerprint density at radius 2 is 1.69 bits per heavy atom. The van der Waals surface area contributed by atoms with Gasteiger partial charge in [-0.15, -0.1) is 0 Å². The molecule has 0 amide bonds. The van der Waals surface area contributed by atoms with Gasteiger partial charge in [0.2, 0.25) is 10.0 Å². The Morgan fingerprint density at radius 1 is 1.12 bits per heavy atom. The molecule has 144 valence electrons. The highest BCUT2D eigenvalue weighted by Crippen LogP contribution is 2.24. The summed E-state index contributed by atoms with van der Waals surface area (Å²) in [6.45, 7) is 5.24. The Balaban J connectivity index is 1.84. The van der Waals surface area contributed by atoms with E-state index in [0.717, 1.165) is 0 Å². The summed E-state index contributed by atoms with van der Waals surface area (Å²) in [6, 6.07) is 8.21. The minimum atomic E-state index is -3.55. The van der Waals surface area contributed by atoms with Crippen LogP contribution >= 0.6 is 0 Å². The average molecular weight is 383 g/mol. The van der Waals surface area contributed by atoms with Gasteiger partial charge in [0.1, 0.15) is 5.60 Å². The number of ether oxygens (including phenoxy) is 2. The number of piperidine rings is 1. The molecule has 0 unspecified atom stereocenters. The number of hydrogen-bond acceptors (Lipinski definition) is 6. The second-order valence-electron chi connectivity index (χ2n) is 7.19. The lowest BCUT2D eigenvalue weighted by Gasteiger charge is -2.30. The fourth-order valence-electron chi connectivity index (χ4n) is 2.69. The van der Waals surface area contributed by atoms with Crippen molar-refractivity contribution in [2.75, 3.05) is 19.7 Å². The molecule has 0 bridgehead atoms. The van der Waals surface area contributed by atoms with Crippen LogP contribution in [0.3, 0.4) is 0 Å². The number of esters is 2. The molecule has 0 N–H and O–H groups in total. The first-order chi connectivity index (χ1) is 12.1. The van der Waals surface area contributed by atoms with E-state index in [1.54, 1.807) is 51.1 Å². The standard InChI is InChI=1S/C18H25NO6S/c1-18(2,3)25-16(20)13-24-17(21)14-9-11-19(12-10-14)26(22,23)15-7-5-4-6-8-15/h4-8,14H,9-13H2,1-3H3. The SMILES string of the molecule is CC(C)(C)OC(=O)COC(=O)C1CCN(S(=O)(=O)c2ccccc2)CC1. The van der Waals surface area contributed by atoms with Gasteiger partial charge in [0.05, 0.1) is 10.8 Å². The van der Waals surface area contributed by atoms with E-state index in [-0.39, 0.29) is 18.0 Å². The van der Waals surface area contributed by atoms with E-state index >= 15 is 0 Å². The quantitative estimate of drug-likeness (QED) is 0.722.